The van der Waals surface area contributed by atoms with Gasteiger partial charge in [-0.3, -0.25) is 14.4 Å². The standard InChI is InChI=1S/C21H33NO6.C16H36N.C2H3N.ClH/c1-16(23)4-7-19(26)10-13-22(14-11-20(27)8-5-17(2)24)15-12-21(28)9-6-18(3)25;1-5-9-13-17(14-10-6-2,15-11-7-3)16-12-8-4;1-2-3;/h4-15H2,1-3H3;5-16H2,1-4H3;1H3;1H/q;+1;;/p-1. The first-order chi connectivity index (χ1) is 22.8. The van der Waals surface area contributed by atoms with Crippen LogP contribution in [-0.4, -0.2) is 89.9 Å². The molecule has 0 aliphatic rings. The van der Waals surface area contributed by atoms with Crippen molar-refractivity contribution in [3.8, 4) is 6.07 Å². The Morgan fingerprint density at radius 1 is 0.490 bits per heavy atom. The van der Waals surface area contributed by atoms with Crippen LogP contribution in [0.15, 0.2) is 0 Å². The Bertz CT molecular complexity index is 829. The lowest BCUT2D eigenvalue weighted by Crippen LogP contribution is -3.00. The molecule has 0 N–H and O–H groups in total. The third-order valence-electron chi connectivity index (χ3n) is 8.33. The molecule has 0 aromatic rings. The molecule has 0 aliphatic heterocycles. The van der Waals surface area contributed by atoms with Crippen LogP contribution in [0.25, 0.3) is 0 Å². The summed E-state index contributed by atoms with van der Waals surface area (Å²) in [6.07, 6.45) is 13.1. The largest absolute Gasteiger partial charge is 1.00 e. The van der Waals surface area contributed by atoms with Gasteiger partial charge in [0, 0.05) is 84.3 Å². The van der Waals surface area contributed by atoms with Crippen LogP contribution >= 0.6 is 0 Å². The van der Waals surface area contributed by atoms with Crippen LogP contribution in [-0.2, 0) is 28.8 Å². The van der Waals surface area contributed by atoms with Crippen LogP contribution in [0.3, 0.4) is 0 Å². The van der Waals surface area contributed by atoms with Gasteiger partial charge < -0.3 is 36.2 Å². The van der Waals surface area contributed by atoms with E-state index in [0.717, 1.165) is 0 Å². The summed E-state index contributed by atoms with van der Waals surface area (Å²) in [4.78, 5) is 70.5. The van der Waals surface area contributed by atoms with E-state index in [2.05, 4.69) is 27.7 Å². The lowest BCUT2D eigenvalue weighted by atomic mass is 10.1. The average Bonchev–Trinajstić information content (AvgIpc) is 3.04. The van der Waals surface area contributed by atoms with Gasteiger partial charge in [0.05, 0.1) is 32.2 Å². The first kappa shape index (κ1) is 53.5. The van der Waals surface area contributed by atoms with Gasteiger partial charge in [-0.1, -0.05) is 53.4 Å². The Morgan fingerprint density at radius 3 is 0.898 bits per heavy atom. The van der Waals surface area contributed by atoms with Crippen LogP contribution in [0.4, 0.5) is 0 Å². The van der Waals surface area contributed by atoms with Crippen molar-refractivity contribution in [2.75, 3.05) is 45.8 Å². The third kappa shape index (κ3) is 38.4. The lowest BCUT2D eigenvalue weighted by Gasteiger charge is -2.39. The molecule has 0 radical (unpaired) electrons. The zero-order chi connectivity index (χ0) is 37.2. The molecule has 0 spiro atoms. The molecule has 0 fully saturated rings. The van der Waals surface area contributed by atoms with Crippen molar-refractivity contribution in [3.63, 3.8) is 0 Å². The number of ketones is 6. The van der Waals surface area contributed by atoms with E-state index in [0.29, 0.717) is 19.6 Å². The summed E-state index contributed by atoms with van der Waals surface area (Å²) in [6, 6.07) is 1.75. The maximum atomic E-state index is 11.9. The number of rotatable bonds is 30. The molecule has 0 heterocycles. The minimum absolute atomic E-state index is 0. The molecule has 286 valence electrons. The number of carbonyl (C=O) groups is 6. The molecule has 0 aliphatic carbocycles. The van der Waals surface area contributed by atoms with Gasteiger partial charge >= 0.3 is 0 Å². The summed E-state index contributed by atoms with van der Waals surface area (Å²) in [5, 5.41) is 7.32. The van der Waals surface area contributed by atoms with Crippen molar-refractivity contribution >= 4 is 34.7 Å². The Morgan fingerprint density at radius 2 is 0.714 bits per heavy atom. The minimum atomic E-state index is -0.0302. The number of hydrogen-bond acceptors (Lipinski definition) is 8. The molecule has 0 aromatic heterocycles. The number of Topliss-reactive ketones (excluding diaryl/α,β-unsaturated/α-hetero) is 6. The fraction of sp³-hybridized carbons (Fsp3) is 0.821. The summed E-state index contributed by atoms with van der Waals surface area (Å²) >= 11 is 0. The average molecular weight is 714 g/mol. The maximum absolute atomic E-state index is 11.9. The molecule has 10 heteroatoms. The van der Waals surface area contributed by atoms with Crippen LogP contribution in [0, 0.1) is 11.3 Å². The van der Waals surface area contributed by atoms with E-state index in [1.54, 1.807) is 6.07 Å². The zero-order valence-electron chi connectivity index (χ0n) is 32.6. The van der Waals surface area contributed by atoms with Gasteiger partial charge in [0.1, 0.15) is 34.7 Å². The van der Waals surface area contributed by atoms with Crippen molar-refractivity contribution in [1.29, 1.82) is 5.26 Å². The van der Waals surface area contributed by atoms with Gasteiger partial charge in [-0.05, 0) is 46.5 Å². The lowest BCUT2D eigenvalue weighted by molar-refractivity contribution is -0.929. The summed E-state index contributed by atoms with van der Waals surface area (Å²) in [5.41, 5.74) is 0. The molecule has 0 aromatic carbocycles. The second-order valence-corrected chi connectivity index (χ2v) is 13.2. The van der Waals surface area contributed by atoms with Gasteiger partial charge in [-0.2, -0.15) is 5.26 Å². The molecule has 0 saturated carbocycles. The van der Waals surface area contributed by atoms with Gasteiger partial charge in [-0.25, -0.2) is 0 Å². The summed E-state index contributed by atoms with van der Waals surface area (Å²) in [6.45, 7) is 22.0. The number of unbranched alkanes of at least 4 members (excludes halogenated alkanes) is 4. The highest BCUT2D eigenvalue weighted by Crippen LogP contribution is 2.16. The van der Waals surface area contributed by atoms with Gasteiger partial charge in [0.25, 0.3) is 0 Å². The molecule has 0 rings (SSSR count). The fourth-order valence-electron chi connectivity index (χ4n) is 5.15. The van der Waals surface area contributed by atoms with Crippen LogP contribution < -0.4 is 12.4 Å². The summed E-state index contributed by atoms with van der Waals surface area (Å²) < 4.78 is 1.42. The summed E-state index contributed by atoms with van der Waals surface area (Å²) in [7, 11) is 0. The molecule has 0 atom stereocenters. The highest BCUT2D eigenvalue weighted by molar-refractivity contribution is 5.86. The molecule has 0 amide bonds. The third-order valence-corrected chi connectivity index (χ3v) is 8.33. The number of quaternary nitrogens is 1. The topological polar surface area (TPSA) is 129 Å². The predicted octanol–water partition coefficient (Wildman–Crippen LogP) is 4.81. The molecule has 49 heavy (non-hydrogen) atoms. The number of halogens is 1. The van der Waals surface area contributed by atoms with E-state index >= 15 is 0 Å². The van der Waals surface area contributed by atoms with E-state index in [1.807, 2.05) is 4.90 Å². The quantitative estimate of drug-likeness (QED) is 0.0971. The smallest absolute Gasteiger partial charge is 0.134 e. The first-order valence-corrected chi connectivity index (χ1v) is 18.7. The predicted molar refractivity (Wildman–Crippen MR) is 196 cm³/mol. The number of hydrogen-bond donors (Lipinski definition) is 0. The van der Waals surface area contributed by atoms with Gasteiger partial charge in [0.2, 0.25) is 0 Å². The minimum Gasteiger partial charge on any atom is -1.00 e. The maximum Gasteiger partial charge on any atom is 0.134 e. The van der Waals surface area contributed by atoms with Crippen molar-refractivity contribution in [3.05, 3.63) is 0 Å². The Hall–Kier alpha value is -2.28. The van der Waals surface area contributed by atoms with Crippen LogP contribution in [0.5, 0.6) is 0 Å². The van der Waals surface area contributed by atoms with Crippen LogP contribution in [0.1, 0.15) is 165 Å². The highest BCUT2D eigenvalue weighted by Gasteiger charge is 2.24. The Balaban J connectivity index is -0.000000412. The number of nitrogens with zero attached hydrogens (tertiary/aromatic N) is 3. The monoisotopic (exact) mass is 714 g/mol. The fourth-order valence-corrected chi connectivity index (χ4v) is 5.15. The first-order valence-electron chi connectivity index (χ1n) is 18.7. The van der Waals surface area contributed by atoms with Crippen molar-refractivity contribution < 1.29 is 45.7 Å². The van der Waals surface area contributed by atoms with Crippen molar-refractivity contribution in [2.45, 2.75) is 165 Å². The van der Waals surface area contributed by atoms with E-state index < -0.39 is 0 Å². The highest BCUT2D eigenvalue weighted by atomic mass is 35.5. The molecule has 9 nitrogen and oxygen atoms in total. The van der Waals surface area contributed by atoms with E-state index in [1.165, 1.54) is 110 Å². The molecule has 0 bridgehead atoms. The van der Waals surface area contributed by atoms with E-state index in [9.17, 15) is 28.8 Å². The molecular formula is C39H72ClN3O6. The number of carbonyl (C=O) groups excluding carboxylic acids is 6. The summed E-state index contributed by atoms with van der Waals surface area (Å²) in [5.74, 6) is -0.157. The zero-order valence-corrected chi connectivity index (χ0v) is 33.4. The Labute approximate surface area is 306 Å². The molecule has 0 unspecified atom stereocenters. The Kier molecular flexibility index (Phi) is 40.4. The van der Waals surface area contributed by atoms with Crippen molar-refractivity contribution in [1.82, 2.24) is 4.90 Å². The van der Waals surface area contributed by atoms with Gasteiger partial charge in [0.15, 0.2) is 0 Å². The molecule has 0 saturated heterocycles. The number of nitriles is 1. The van der Waals surface area contributed by atoms with E-state index in [4.69, 9.17) is 5.26 Å². The normalized spacial score (nSPS) is 10.4. The second-order valence-electron chi connectivity index (χ2n) is 13.2. The molecular weight excluding hydrogens is 642 g/mol. The van der Waals surface area contributed by atoms with Gasteiger partial charge in [-0.15, -0.1) is 0 Å². The van der Waals surface area contributed by atoms with E-state index in [-0.39, 0.29) is 105 Å². The second kappa shape index (κ2) is 37.0. The van der Waals surface area contributed by atoms with Crippen molar-refractivity contribution in [2.24, 2.45) is 0 Å². The SMILES string of the molecule is CC#N.CC(=O)CCC(=O)CCN(CCC(=O)CCC(C)=O)CCC(=O)CCC(C)=O.CCCC[N+](CCCC)(CCCC)CCCC.[Cl-]. The van der Waals surface area contributed by atoms with Crippen LogP contribution in [0.2, 0.25) is 0 Å².